The van der Waals surface area contributed by atoms with Crippen molar-refractivity contribution in [2.45, 2.75) is 46.1 Å². The van der Waals surface area contributed by atoms with E-state index in [9.17, 15) is 9.59 Å². The Morgan fingerprint density at radius 2 is 1.82 bits per heavy atom. The van der Waals surface area contributed by atoms with Gasteiger partial charge >= 0.3 is 0 Å². The van der Waals surface area contributed by atoms with Gasteiger partial charge in [-0.2, -0.15) is 5.10 Å². The zero-order chi connectivity index (χ0) is 19.6. The summed E-state index contributed by atoms with van der Waals surface area (Å²) in [5, 5.41) is 5.95. The van der Waals surface area contributed by atoms with Gasteiger partial charge in [-0.05, 0) is 48.1 Å². The van der Waals surface area contributed by atoms with E-state index in [2.05, 4.69) is 24.4 Å². The SMILES string of the molecule is Cc1ccc(CC(C)([C-]=O)N2N=C(c3ccccc3)CC(C)C2=O)cc1C.[Y]. The molecule has 0 saturated carbocycles. The van der Waals surface area contributed by atoms with Gasteiger partial charge in [-0.1, -0.05) is 62.4 Å². The molecule has 2 aromatic carbocycles. The third kappa shape index (κ3) is 4.67. The van der Waals surface area contributed by atoms with E-state index in [1.165, 1.54) is 10.6 Å². The fraction of sp³-hybridized carbons (Fsp3) is 0.348. The monoisotopic (exact) mass is 450 g/mol. The molecule has 143 valence electrons. The zero-order valence-corrected chi connectivity index (χ0v) is 19.7. The summed E-state index contributed by atoms with van der Waals surface area (Å²) in [6, 6.07) is 15.9. The summed E-state index contributed by atoms with van der Waals surface area (Å²) in [6.07, 6.45) is 3.05. The Morgan fingerprint density at radius 3 is 2.43 bits per heavy atom. The number of amides is 1. The molecule has 1 aliphatic rings. The Morgan fingerprint density at radius 1 is 1.14 bits per heavy atom. The number of aryl methyl sites for hydroxylation is 2. The average molecular weight is 450 g/mol. The van der Waals surface area contributed by atoms with Crippen LogP contribution in [0, 0.1) is 19.8 Å². The predicted octanol–water partition coefficient (Wildman–Crippen LogP) is 3.98. The third-order valence-corrected chi connectivity index (χ3v) is 5.26. The van der Waals surface area contributed by atoms with Gasteiger partial charge < -0.3 is 4.79 Å². The van der Waals surface area contributed by atoms with Crippen molar-refractivity contribution in [3.05, 3.63) is 70.8 Å². The van der Waals surface area contributed by atoms with Crippen LogP contribution in [0.25, 0.3) is 0 Å². The molecule has 1 heterocycles. The van der Waals surface area contributed by atoms with Crippen LogP contribution in [0.15, 0.2) is 53.6 Å². The molecule has 0 N–H and O–H groups in total. The summed E-state index contributed by atoms with van der Waals surface area (Å²) in [6.45, 7) is 7.71. The molecule has 2 atom stereocenters. The number of rotatable bonds is 5. The van der Waals surface area contributed by atoms with Gasteiger partial charge in [0.15, 0.2) is 0 Å². The van der Waals surface area contributed by atoms with Gasteiger partial charge in [0, 0.05) is 45.0 Å². The molecule has 1 aliphatic heterocycles. The third-order valence-electron chi connectivity index (χ3n) is 5.26. The van der Waals surface area contributed by atoms with Gasteiger partial charge in [-0.25, -0.2) is 6.29 Å². The molecule has 4 nitrogen and oxygen atoms in total. The summed E-state index contributed by atoms with van der Waals surface area (Å²) in [5.41, 5.74) is 4.00. The van der Waals surface area contributed by atoms with Crippen LogP contribution in [-0.4, -0.2) is 28.5 Å². The largest absolute Gasteiger partial charge is 0.539 e. The van der Waals surface area contributed by atoms with Crippen LogP contribution >= 0.6 is 0 Å². The molecule has 2 unspecified atom stereocenters. The first-order valence-electron chi connectivity index (χ1n) is 9.26. The molecule has 1 amide bonds. The zero-order valence-electron chi connectivity index (χ0n) is 16.9. The number of carbonyl (C=O) groups excluding carboxylic acids is 2. The smallest absolute Gasteiger partial charge is 0.244 e. The average Bonchev–Trinajstić information content (AvgIpc) is 2.67. The molecule has 5 heteroatoms. The molecule has 2 aromatic rings. The maximum atomic E-state index is 12.9. The first-order valence-corrected chi connectivity index (χ1v) is 9.26. The fourth-order valence-corrected chi connectivity index (χ4v) is 3.42. The molecule has 0 spiro atoms. The van der Waals surface area contributed by atoms with Crippen molar-refractivity contribution in [3.63, 3.8) is 0 Å². The summed E-state index contributed by atoms with van der Waals surface area (Å²) in [7, 11) is 0. The Hall–Kier alpha value is -1.65. The number of carbonyl (C=O) groups is 1. The minimum absolute atomic E-state index is 0. The number of hydrogen-bond acceptors (Lipinski definition) is 3. The minimum Gasteiger partial charge on any atom is -0.539 e. The van der Waals surface area contributed by atoms with Crippen LogP contribution in [0.2, 0.25) is 0 Å². The summed E-state index contributed by atoms with van der Waals surface area (Å²) in [5.74, 6) is -0.366. The van der Waals surface area contributed by atoms with Crippen LogP contribution in [-0.2, 0) is 48.7 Å². The molecular formula is C23H25N2O2Y-. The van der Waals surface area contributed by atoms with Gasteiger partial charge in [-0.15, -0.1) is 0 Å². The van der Waals surface area contributed by atoms with Gasteiger partial charge in [0.2, 0.25) is 5.91 Å². The second-order valence-corrected chi connectivity index (χ2v) is 7.64. The van der Waals surface area contributed by atoms with Crippen LogP contribution in [0.4, 0.5) is 0 Å². The number of nitrogens with zero attached hydrogens (tertiary/aromatic N) is 2. The molecule has 0 bridgehead atoms. The second-order valence-electron chi connectivity index (χ2n) is 7.64. The molecule has 28 heavy (non-hydrogen) atoms. The van der Waals surface area contributed by atoms with E-state index in [1.54, 1.807) is 6.92 Å². The first kappa shape index (κ1) is 22.6. The Bertz CT molecular complexity index is 895. The topological polar surface area (TPSA) is 49.7 Å². The molecule has 0 aliphatic carbocycles. The van der Waals surface area contributed by atoms with Gasteiger partial charge in [0.25, 0.3) is 0 Å². The van der Waals surface area contributed by atoms with E-state index >= 15 is 0 Å². The first-order chi connectivity index (χ1) is 12.8. The molecule has 1 radical (unpaired) electrons. The van der Waals surface area contributed by atoms with E-state index < -0.39 is 5.54 Å². The van der Waals surface area contributed by atoms with Crippen LogP contribution in [0.1, 0.15) is 42.5 Å². The molecule has 0 aromatic heterocycles. The normalized spacial score (nSPS) is 18.7. The van der Waals surface area contributed by atoms with Gasteiger partial charge in [0.1, 0.15) is 0 Å². The maximum Gasteiger partial charge on any atom is 0.244 e. The van der Waals surface area contributed by atoms with Crippen LogP contribution in [0.3, 0.4) is 0 Å². The summed E-state index contributed by atoms with van der Waals surface area (Å²) >= 11 is 0. The summed E-state index contributed by atoms with van der Waals surface area (Å²) < 4.78 is 0. The van der Waals surface area contributed by atoms with E-state index in [0.29, 0.717) is 12.8 Å². The van der Waals surface area contributed by atoms with E-state index in [1.807, 2.05) is 56.3 Å². The van der Waals surface area contributed by atoms with Crippen LogP contribution < -0.4 is 0 Å². The molecular weight excluding hydrogens is 425 g/mol. The van der Waals surface area contributed by atoms with E-state index in [4.69, 9.17) is 0 Å². The maximum absolute atomic E-state index is 12.9. The van der Waals surface area contributed by atoms with Crippen molar-refractivity contribution >= 4 is 17.9 Å². The Labute approximate surface area is 192 Å². The van der Waals surface area contributed by atoms with Crippen molar-refractivity contribution in [1.29, 1.82) is 0 Å². The van der Waals surface area contributed by atoms with Crippen molar-refractivity contribution in [3.8, 4) is 0 Å². The predicted molar refractivity (Wildman–Crippen MR) is 107 cm³/mol. The van der Waals surface area contributed by atoms with Crippen molar-refractivity contribution < 1.29 is 42.3 Å². The minimum atomic E-state index is -1.15. The molecule has 0 fully saturated rings. The van der Waals surface area contributed by atoms with Crippen molar-refractivity contribution in [1.82, 2.24) is 5.01 Å². The second kappa shape index (κ2) is 9.23. The quantitative estimate of drug-likeness (QED) is 0.647. The van der Waals surface area contributed by atoms with Crippen LogP contribution in [0.5, 0.6) is 0 Å². The number of benzene rings is 2. The Balaban J connectivity index is 0.00000280. The molecule has 3 rings (SSSR count). The van der Waals surface area contributed by atoms with Gasteiger partial charge in [-0.3, -0.25) is 9.80 Å². The fourth-order valence-electron chi connectivity index (χ4n) is 3.42. The summed E-state index contributed by atoms with van der Waals surface area (Å²) in [4.78, 5) is 24.8. The molecule has 0 saturated heterocycles. The number of hydrogen-bond donors (Lipinski definition) is 0. The van der Waals surface area contributed by atoms with Crippen molar-refractivity contribution in [2.24, 2.45) is 11.0 Å². The van der Waals surface area contributed by atoms with Crippen molar-refractivity contribution in [2.75, 3.05) is 0 Å². The van der Waals surface area contributed by atoms with E-state index in [0.717, 1.165) is 22.4 Å². The van der Waals surface area contributed by atoms with E-state index in [-0.39, 0.29) is 44.5 Å². The Kier molecular flexibility index (Phi) is 7.47. The van der Waals surface area contributed by atoms with Gasteiger partial charge in [0.05, 0.1) is 5.71 Å². The number of hydrazone groups is 1. The standard InChI is InChI=1S/C23H25N2O2.Y/c1-16-10-11-19(12-17(16)2)14-23(4,15-26)25-22(27)18(3)13-21(24-25)20-8-6-5-7-9-20;/h5-12,18H,13-14H2,1-4H3;/q-1;.